The van der Waals surface area contributed by atoms with Crippen molar-refractivity contribution in [1.29, 1.82) is 0 Å². The second-order valence-electron chi connectivity index (χ2n) is 6.78. The number of anilines is 1. The Labute approximate surface area is 169 Å². The van der Waals surface area contributed by atoms with Crippen LogP contribution in [0.5, 0.6) is 11.5 Å². The summed E-state index contributed by atoms with van der Waals surface area (Å²) in [6.45, 7) is 1.73. The first kappa shape index (κ1) is 20.4. The number of carbonyl (C=O) groups is 3. The summed E-state index contributed by atoms with van der Waals surface area (Å²) < 4.78 is 15.6. The molecule has 0 N–H and O–H groups in total. The standard InChI is InChI=1S/C22H23NO6/c1-14(21(25)15-7-9-18(27-2)10-8-15)29-22(26)16-11-20(24)23(13-16)17-5-4-6-19(12-17)28-3/h4-10,12,14,16H,11,13H2,1-3H3/t14-,16-/m0/s1. The van der Waals surface area contributed by atoms with Gasteiger partial charge in [0.2, 0.25) is 11.7 Å². The van der Waals surface area contributed by atoms with Crippen LogP contribution >= 0.6 is 0 Å². The van der Waals surface area contributed by atoms with E-state index in [1.807, 2.05) is 0 Å². The van der Waals surface area contributed by atoms with Crippen LogP contribution in [0.1, 0.15) is 23.7 Å². The second-order valence-corrected chi connectivity index (χ2v) is 6.78. The molecule has 1 saturated heterocycles. The fourth-order valence-electron chi connectivity index (χ4n) is 3.21. The Morgan fingerprint density at radius 2 is 1.72 bits per heavy atom. The summed E-state index contributed by atoms with van der Waals surface area (Å²) in [4.78, 5) is 39.0. The summed E-state index contributed by atoms with van der Waals surface area (Å²) in [5.74, 6) is -0.407. The minimum absolute atomic E-state index is 0.0412. The lowest BCUT2D eigenvalue weighted by Gasteiger charge is -2.18. The molecule has 1 aliphatic rings. The van der Waals surface area contributed by atoms with Gasteiger partial charge in [-0.2, -0.15) is 0 Å². The molecule has 2 atom stereocenters. The molecule has 152 valence electrons. The molecule has 7 heteroatoms. The van der Waals surface area contributed by atoms with Crippen molar-refractivity contribution in [1.82, 2.24) is 0 Å². The molecule has 0 aliphatic carbocycles. The van der Waals surface area contributed by atoms with Crippen LogP contribution in [0.15, 0.2) is 48.5 Å². The van der Waals surface area contributed by atoms with Crippen LogP contribution in [-0.2, 0) is 14.3 Å². The van der Waals surface area contributed by atoms with Crippen LogP contribution in [0.3, 0.4) is 0 Å². The average Bonchev–Trinajstić information content (AvgIpc) is 3.15. The number of esters is 1. The number of ether oxygens (including phenoxy) is 3. The van der Waals surface area contributed by atoms with E-state index in [0.29, 0.717) is 22.7 Å². The molecule has 7 nitrogen and oxygen atoms in total. The molecule has 2 aromatic carbocycles. The summed E-state index contributed by atoms with van der Waals surface area (Å²) >= 11 is 0. The lowest BCUT2D eigenvalue weighted by atomic mass is 10.1. The lowest BCUT2D eigenvalue weighted by Crippen LogP contribution is -2.30. The van der Waals surface area contributed by atoms with Crippen molar-refractivity contribution in [2.75, 3.05) is 25.7 Å². The van der Waals surface area contributed by atoms with Crippen molar-refractivity contribution in [2.45, 2.75) is 19.4 Å². The Balaban J connectivity index is 1.62. The fourth-order valence-corrected chi connectivity index (χ4v) is 3.21. The van der Waals surface area contributed by atoms with Gasteiger partial charge in [0.25, 0.3) is 0 Å². The summed E-state index contributed by atoms with van der Waals surface area (Å²) in [5, 5.41) is 0. The van der Waals surface area contributed by atoms with E-state index >= 15 is 0 Å². The molecule has 0 bridgehead atoms. The van der Waals surface area contributed by atoms with E-state index in [1.165, 1.54) is 11.8 Å². The number of methoxy groups -OCH3 is 2. The zero-order chi connectivity index (χ0) is 21.0. The topological polar surface area (TPSA) is 82.1 Å². The maximum Gasteiger partial charge on any atom is 0.312 e. The van der Waals surface area contributed by atoms with E-state index in [9.17, 15) is 14.4 Å². The minimum atomic E-state index is -0.947. The van der Waals surface area contributed by atoms with Crippen LogP contribution in [0, 0.1) is 5.92 Å². The van der Waals surface area contributed by atoms with Gasteiger partial charge in [-0.15, -0.1) is 0 Å². The summed E-state index contributed by atoms with van der Waals surface area (Å²) in [5.41, 5.74) is 1.08. The number of nitrogens with zero attached hydrogens (tertiary/aromatic N) is 1. The summed E-state index contributed by atoms with van der Waals surface area (Å²) in [7, 11) is 3.09. The van der Waals surface area contributed by atoms with Gasteiger partial charge < -0.3 is 19.1 Å². The highest BCUT2D eigenvalue weighted by molar-refractivity contribution is 6.02. The molecule has 1 heterocycles. The van der Waals surface area contributed by atoms with Crippen molar-refractivity contribution < 1.29 is 28.6 Å². The maximum atomic E-state index is 12.5. The van der Waals surface area contributed by atoms with E-state index in [4.69, 9.17) is 14.2 Å². The number of amides is 1. The predicted octanol–water partition coefficient (Wildman–Crippen LogP) is 2.87. The number of Topliss-reactive ketones (excluding diaryl/α,β-unsaturated/α-hetero) is 1. The molecule has 1 fully saturated rings. The van der Waals surface area contributed by atoms with Crippen molar-refractivity contribution in [3.63, 3.8) is 0 Å². The highest BCUT2D eigenvalue weighted by atomic mass is 16.5. The van der Waals surface area contributed by atoms with E-state index in [1.54, 1.807) is 62.8 Å². The number of ketones is 1. The molecule has 0 aromatic heterocycles. The highest BCUT2D eigenvalue weighted by Crippen LogP contribution is 2.28. The molecule has 1 amide bonds. The van der Waals surface area contributed by atoms with Gasteiger partial charge in [0.05, 0.1) is 20.1 Å². The molecule has 0 radical (unpaired) electrons. The van der Waals surface area contributed by atoms with Crippen LogP contribution in [0.2, 0.25) is 0 Å². The van der Waals surface area contributed by atoms with Crippen LogP contribution in [0.25, 0.3) is 0 Å². The first-order valence-electron chi connectivity index (χ1n) is 9.26. The lowest BCUT2D eigenvalue weighted by molar-refractivity contribution is -0.151. The first-order valence-corrected chi connectivity index (χ1v) is 9.26. The third kappa shape index (κ3) is 4.56. The molecular weight excluding hydrogens is 374 g/mol. The fraction of sp³-hybridized carbons (Fsp3) is 0.318. The van der Waals surface area contributed by atoms with E-state index in [-0.39, 0.29) is 24.7 Å². The highest BCUT2D eigenvalue weighted by Gasteiger charge is 2.37. The zero-order valence-corrected chi connectivity index (χ0v) is 16.6. The van der Waals surface area contributed by atoms with Crippen LogP contribution in [0.4, 0.5) is 5.69 Å². The van der Waals surface area contributed by atoms with E-state index in [0.717, 1.165) is 0 Å². The van der Waals surface area contributed by atoms with Crippen LogP contribution < -0.4 is 14.4 Å². The Morgan fingerprint density at radius 3 is 2.38 bits per heavy atom. The summed E-state index contributed by atoms with van der Waals surface area (Å²) in [6.07, 6.45) is -0.906. The van der Waals surface area contributed by atoms with Gasteiger partial charge >= 0.3 is 5.97 Å². The zero-order valence-electron chi connectivity index (χ0n) is 16.6. The molecule has 0 spiro atoms. The minimum Gasteiger partial charge on any atom is -0.497 e. The van der Waals surface area contributed by atoms with Crippen molar-refractivity contribution in [3.05, 3.63) is 54.1 Å². The number of rotatable bonds is 7. The molecule has 3 rings (SSSR count). The number of hydrogen-bond donors (Lipinski definition) is 0. The Morgan fingerprint density at radius 1 is 1.03 bits per heavy atom. The number of benzene rings is 2. The Kier molecular flexibility index (Phi) is 6.16. The normalized spacial score (nSPS) is 17.0. The monoisotopic (exact) mass is 397 g/mol. The quantitative estimate of drug-likeness (QED) is 0.528. The Bertz CT molecular complexity index is 908. The van der Waals surface area contributed by atoms with Gasteiger partial charge in [0.15, 0.2) is 6.10 Å². The Hall–Kier alpha value is -3.35. The van der Waals surface area contributed by atoms with Gasteiger partial charge in [0, 0.05) is 30.3 Å². The molecule has 0 unspecified atom stereocenters. The van der Waals surface area contributed by atoms with Gasteiger partial charge in [-0.05, 0) is 43.3 Å². The third-order valence-corrected chi connectivity index (χ3v) is 4.86. The second kappa shape index (κ2) is 8.77. The van der Waals surface area contributed by atoms with Crippen LogP contribution in [-0.4, -0.2) is 44.5 Å². The molecular formula is C22H23NO6. The predicted molar refractivity (Wildman–Crippen MR) is 106 cm³/mol. The van der Waals surface area contributed by atoms with Crippen molar-refractivity contribution >= 4 is 23.3 Å². The van der Waals surface area contributed by atoms with E-state index < -0.39 is 18.0 Å². The smallest absolute Gasteiger partial charge is 0.312 e. The molecule has 0 saturated carbocycles. The third-order valence-electron chi connectivity index (χ3n) is 4.86. The largest absolute Gasteiger partial charge is 0.497 e. The van der Waals surface area contributed by atoms with Gasteiger partial charge in [-0.1, -0.05) is 6.07 Å². The van der Waals surface area contributed by atoms with Gasteiger partial charge in [-0.25, -0.2) is 0 Å². The molecule has 1 aliphatic heterocycles. The van der Waals surface area contributed by atoms with Gasteiger partial charge in [0.1, 0.15) is 11.5 Å². The number of hydrogen-bond acceptors (Lipinski definition) is 6. The van der Waals surface area contributed by atoms with E-state index in [2.05, 4.69) is 0 Å². The maximum absolute atomic E-state index is 12.5. The number of carbonyl (C=O) groups excluding carboxylic acids is 3. The van der Waals surface area contributed by atoms with Crippen molar-refractivity contribution in [3.8, 4) is 11.5 Å². The summed E-state index contributed by atoms with van der Waals surface area (Å²) in [6, 6.07) is 13.7. The average molecular weight is 397 g/mol. The SMILES string of the molecule is COc1ccc(C(=O)[C@H](C)OC(=O)[C@H]2CC(=O)N(c3cccc(OC)c3)C2)cc1. The van der Waals surface area contributed by atoms with Gasteiger partial charge in [-0.3, -0.25) is 14.4 Å². The van der Waals surface area contributed by atoms with Crippen molar-refractivity contribution in [2.24, 2.45) is 5.92 Å². The first-order chi connectivity index (χ1) is 13.9. The molecule has 2 aromatic rings. The molecule has 29 heavy (non-hydrogen) atoms.